The Labute approximate surface area is 168 Å². The average molecular weight is 397 g/mol. The Morgan fingerprint density at radius 1 is 1.18 bits per heavy atom. The second kappa shape index (κ2) is 8.67. The monoisotopic (exact) mass is 396 g/mol. The predicted molar refractivity (Wildman–Crippen MR) is 109 cm³/mol. The molecule has 0 atom stereocenters. The molecule has 0 spiro atoms. The van der Waals surface area contributed by atoms with Gasteiger partial charge in [-0.05, 0) is 23.9 Å². The number of rotatable bonds is 6. The van der Waals surface area contributed by atoms with Gasteiger partial charge in [0.05, 0.1) is 0 Å². The van der Waals surface area contributed by atoms with Gasteiger partial charge in [0.2, 0.25) is 17.7 Å². The van der Waals surface area contributed by atoms with Crippen LogP contribution in [0.25, 0.3) is 11.5 Å². The molecule has 4 rings (SSSR count). The molecule has 0 bridgehead atoms. The van der Waals surface area contributed by atoms with E-state index < -0.39 is 0 Å². The third-order valence-corrected chi connectivity index (χ3v) is 5.68. The first kappa shape index (κ1) is 18.8. The molecule has 28 heavy (non-hydrogen) atoms. The van der Waals surface area contributed by atoms with Crippen LogP contribution in [-0.4, -0.2) is 52.1 Å². The number of piperazine rings is 1. The highest BCUT2D eigenvalue weighted by molar-refractivity contribution is 7.08. The van der Waals surface area contributed by atoms with Crippen molar-refractivity contribution in [3.05, 3.63) is 58.1 Å². The van der Waals surface area contributed by atoms with Gasteiger partial charge in [0.15, 0.2) is 0 Å². The first-order chi connectivity index (χ1) is 13.7. The van der Waals surface area contributed by atoms with Crippen LogP contribution >= 0.6 is 11.3 Å². The van der Waals surface area contributed by atoms with Gasteiger partial charge in [-0.25, -0.2) is 0 Å². The normalized spacial score (nSPS) is 15.1. The molecular weight excluding hydrogens is 372 g/mol. The molecule has 1 aliphatic rings. The van der Waals surface area contributed by atoms with Crippen LogP contribution in [0, 0.1) is 6.92 Å². The molecule has 6 nitrogen and oxygen atoms in total. The minimum Gasteiger partial charge on any atom is -0.421 e. The first-order valence-electron chi connectivity index (χ1n) is 9.58. The lowest BCUT2D eigenvalue weighted by Gasteiger charge is -2.34. The summed E-state index contributed by atoms with van der Waals surface area (Å²) < 4.78 is 5.66. The number of aryl methyl sites for hydroxylation is 2. The predicted octanol–water partition coefficient (Wildman–Crippen LogP) is 3.38. The smallest absolute Gasteiger partial charge is 0.248 e. The van der Waals surface area contributed by atoms with E-state index in [0.717, 1.165) is 38.3 Å². The summed E-state index contributed by atoms with van der Waals surface area (Å²) in [6.45, 7) is 6.41. The number of hydrogen-bond acceptors (Lipinski definition) is 6. The van der Waals surface area contributed by atoms with Gasteiger partial charge in [-0.2, -0.15) is 11.3 Å². The van der Waals surface area contributed by atoms with E-state index in [0.29, 0.717) is 24.6 Å². The minimum atomic E-state index is 0.158. The first-order valence-corrected chi connectivity index (χ1v) is 10.5. The largest absolute Gasteiger partial charge is 0.421 e. The molecule has 3 heterocycles. The van der Waals surface area contributed by atoms with E-state index in [2.05, 4.69) is 46.3 Å². The van der Waals surface area contributed by atoms with Gasteiger partial charge in [-0.15, -0.1) is 10.2 Å². The molecule has 1 amide bonds. The van der Waals surface area contributed by atoms with Crippen molar-refractivity contribution in [1.82, 2.24) is 20.0 Å². The fourth-order valence-corrected chi connectivity index (χ4v) is 4.08. The molecule has 0 saturated carbocycles. The standard InChI is InChI=1S/C21H24N4O2S/c1-16-3-2-4-17(13-16)14-24-8-10-25(11-9-24)20(26)6-5-19-22-23-21(27-19)18-7-12-28-15-18/h2-4,7,12-13,15H,5-6,8-11,14H2,1H3. The Morgan fingerprint density at radius 2 is 2.04 bits per heavy atom. The fraction of sp³-hybridized carbons (Fsp3) is 0.381. The number of nitrogens with zero attached hydrogens (tertiary/aromatic N) is 4. The SMILES string of the molecule is Cc1cccc(CN2CCN(C(=O)CCc3nnc(-c4ccsc4)o3)CC2)c1. The van der Waals surface area contributed by atoms with E-state index in [1.54, 1.807) is 11.3 Å². The highest BCUT2D eigenvalue weighted by Crippen LogP contribution is 2.21. The van der Waals surface area contributed by atoms with Gasteiger partial charge < -0.3 is 9.32 Å². The summed E-state index contributed by atoms with van der Waals surface area (Å²) in [5, 5.41) is 12.1. The molecule has 1 fully saturated rings. The van der Waals surface area contributed by atoms with Crippen molar-refractivity contribution in [2.75, 3.05) is 26.2 Å². The third kappa shape index (κ3) is 4.66. The van der Waals surface area contributed by atoms with Crippen LogP contribution in [0.15, 0.2) is 45.5 Å². The van der Waals surface area contributed by atoms with E-state index in [-0.39, 0.29) is 5.91 Å². The molecular formula is C21H24N4O2S. The quantitative estimate of drug-likeness (QED) is 0.639. The summed E-state index contributed by atoms with van der Waals surface area (Å²) in [7, 11) is 0. The summed E-state index contributed by atoms with van der Waals surface area (Å²) >= 11 is 1.59. The number of hydrogen-bond donors (Lipinski definition) is 0. The van der Waals surface area contributed by atoms with Gasteiger partial charge in [0.1, 0.15) is 0 Å². The lowest BCUT2D eigenvalue weighted by Crippen LogP contribution is -2.48. The highest BCUT2D eigenvalue weighted by Gasteiger charge is 2.21. The Kier molecular flexibility index (Phi) is 5.83. The zero-order valence-corrected chi connectivity index (χ0v) is 16.8. The van der Waals surface area contributed by atoms with Gasteiger partial charge in [-0.1, -0.05) is 29.8 Å². The highest BCUT2D eigenvalue weighted by atomic mass is 32.1. The fourth-order valence-electron chi connectivity index (χ4n) is 3.45. The lowest BCUT2D eigenvalue weighted by molar-refractivity contribution is -0.133. The van der Waals surface area contributed by atoms with Crippen LogP contribution < -0.4 is 0 Å². The second-order valence-corrected chi connectivity index (χ2v) is 7.94. The van der Waals surface area contributed by atoms with Crippen LogP contribution in [0.3, 0.4) is 0 Å². The summed E-state index contributed by atoms with van der Waals surface area (Å²) in [6, 6.07) is 10.6. The number of carbonyl (C=O) groups excluding carboxylic acids is 1. The molecule has 1 saturated heterocycles. The van der Waals surface area contributed by atoms with Crippen LogP contribution in [-0.2, 0) is 17.8 Å². The maximum Gasteiger partial charge on any atom is 0.248 e. The number of aromatic nitrogens is 2. The van der Waals surface area contributed by atoms with E-state index in [9.17, 15) is 4.79 Å². The van der Waals surface area contributed by atoms with E-state index >= 15 is 0 Å². The Hall–Kier alpha value is -2.51. The molecule has 146 valence electrons. The molecule has 0 aliphatic carbocycles. The summed E-state index contributed by atoms with van der Waals surface area (Å²) in [5.74, 6) is 1.20. The zero-order chi connectivity index (χ0) is 19.3. The molecule has 3 aromatic rings. The van der Waals surface area contributed by atoms with Crippen molar-refractivity contribution in [2.24, 2.45) is 0 Å². The van der Waals surface area contributed by atoms with Crippen LogP contribution in [0.5, 0.6) is 0 Å². The van der Waals surface area contributed by atoms with Gasteiger partial charge in [0, 0.05) is 56.5 Å². The number of thiophene rings is 1. The van der Waals surface area contributed by atoms with Crippen LogP contribution in [0.2, 0.25) is 0 Å². The molecule has 1 aromatic carbocycles. The molecule has 2 aromatic heterocycles. The minimum absolute atomic E-state index is 0.158. The summed E-state index contributed by atoms with van der Waals surface area (Å²) in [6.07, 6.45) is 0.891. The second-order valence-electron chi connectivity index (χ2n) is 7.16. The number of amides is 1. The maximum absolute atomic E-state index is 12.5. The molecule has 0 unspecified atom stereocenters. The molecule has 0 N–H and O–H groups in total. The molecule has 7 heteroatoms. The van der Waals surface area contributed by atoms with Crippen molar-refractivity contribution < 1.29 is 9.21 Å². The van der Waals surface area contributed by atoms with Crippen molar-refractivity contribution in [3.63, 3.8) is 0 Å². The number of benzene rings is 1. The zero-order valence-electron chi connectivity index (χ0n) is 16.0. The van der Waals surface area contributed by atoms with Crippen LogP contribution in [0.1, 0.15) is 23.4 Å². The number of carbonyl (C=O) groups is 1. The van der Waals surface area contributed by atoms with Crippen molar-refractivity contribution in [2.45, 2.75) is 26.3 Å². The van der Waals surface area contributed by atoms with Gasteiger partial charge in [0.25, 0.3) is 0 Å². The molecule has 1 aliphatic heterocycles. The van der Waals surface area contributed by atoms with E-state index in [1.807, 2.05) is 21.7 Å². The molecule has 0 radical (unpaired) electrons. The lowest BCUT2D eigenvalue weighted by atomic mass is 10.1. The van der Waals surface area contributed by atoms with Crippen molar-refractivity contribution >= 4 is 17.2 Å². The van der Waals surface area contributed by atoms with E-state index in [4.69, 9.17) is 4.42 Å². The summed E-state index contributed by atoms with van der Waals surface area (Å²) in [4.78, 5) is 16.9. The van der Waals surface area contributed by atoms with Gasteiger partial charge in [-0.3, -0.25) is 9.69 Å². The van der Waals surface area contributed by atoms with Crippen molar-refractivity contribution in [3.8, 4) is 11.5 Å². The van der Waals surface area contributed by atoms with Crippen LogP contribution in [0.4, 0.5) is 0 Å². The van der Waals surface area contributed by atoms with Gasteiger partial charge >= 0.3 is 0 Å². The third-order valence-electron chi connectivity index (χ3n) is 5.00. The Bertz CT molecular complexity index is 914. The van der Waals surface area contributed by atoms with Crippen molar-refractivity contribution in [1.29, 1.82) is 0 Å². The Balaban J connectivity index is 1.23. The summed E-state index contributed by atoms with van der Waals surface area (Å²) in [5.41, 5.74) is 3.55. The Morgan fingerprint density at radius 3 is 2.79 bits per heavy atom. The average Bonchev–Trinajstić information content (AvgIpc) is 3.38. The van der Waals surface area contributed by atoms with E-state index in [1.165, 1.54) is 11.1 Å². The topological polar surface area (TPSA) is 62.5 Å². The maximum atomic E-state index is 12.5.